The van der Waals surface area contributed by atoms with Crippen LogP contribution in [0.3, 0.4) is 0 Å². The van der Waals surface area contributed by atoms with Crippen molar-refractivity contribution in [2.75, 3.05) is 14.1 Å². The van der Waals surface area contributed by atoms with Gasteiger partial charge in [0.2, 0.25) is 5.91 Å². The lowest BCUT2D eigenvalue weighted by atomic mass is 10.0. The molecule has 0 radical (unpaired) electrons. The topological polar surface area (TPSA) is 32.3 Å². The third kappa shape index (κ3) is 3.32. The summed E-state index contributed by atoms with van der Waals surface area (Å²) in [5.74, 6) is -0.682. The van der Waals surface area contributed by atoms with Gasteiger partial charge in [-0.2, -0.15) is 0 Å². The third-order valence-corrected chi connectivity index (χ3v) is 2.10. The van der Waals surface area contributed by atoms with Gasteiger partial charge in [0.25, 0.3) is 0 Å². The minimum atomic E-state index is -0.293. The van der Waals surface area contributed by atoms with E-state index in [1.807, 2.05) is 0 Å². The molecular formula is C11H15FN2O. The number of benzene rings is 1. The summed E-state index contributed by atoms with van der Waals surface area (Å²) >= 11 is 0. The van der Waals surface area contributed by atoms with E-state index in [1.165, 1.54) is 12.1 Å². The number of hydrogen-bond donors (Lipinski definition) is 1. The molecular weight excluding hydrogens is 195 g/mol. The first kappa shape index (κ1) is 11.7. The largest absolute Gasteiger partial charge is 0.289 e. The number of amides is 1. The maximum Gasteiger partial charge on any atom is 0.241 e. The van der Waals surface area contributed by atoms with E-state index in [9.17, 15) is 9.18 Å². The average molecular weight is 210 g/mol. The number of nitrogens with one attached hydrogen (secondary N) is 1. The van der Waals surface area contributed by atoms with E-state index in [4.69, 9.17) is 0 Å². The summed E-state index contributed by atoms with van der Waals surface area (Å²) in [5, 5.41) is 1.59. The SMILES string of the molecule is CC(C(=O)NN(C)C)c1ccc(F)cc1. The Morgan fingerprint density at radius 3 is 2.33 bits per heavy atom. The van der Waals surface area contributed by atoms with Crippen LogP contribution in [0.4, 0.5) is 4.39 Å². The molecule has 0 aromatic heterocycles. The number of carbonyl (C=O) groups is 1. The monoisotopic (exact) mass is 210 g/mol. The minimum absolute atomic E-state index is 0.105. The Kier molecular flexibility index (Phi) is 3.80. The molecule has 0 fully saturated rings. The highest BCUT2D eigenvalue weighted by atomic mass is 19.1. The Labute approximate surface area is 88.9 Å². The number of halogens is 1. The summed E-state index contributed by atoms with van der Waals surface area (Å²) in [6, 6.07) is 5.95. The number of hydrazine groups is 1. The minimum Gasteiger partial charge on any atom is -0.289 e. The molecule has 1 aromatic rings. The zero-order chi connectivity index (χ0) is 11.4. The van der Waals surface area contributed by atoms with Gasteiger partial charge in [-0.1, -0.05) is 12.1 Å². The normalized spacial score (nSPS) is 12.6. The average Bonchev–Trinajstić information content (AvgIpc) is 2.17. The number of nitrogens with zero attached hydrogens (tertiary/aromatic N) is 1. The van der Waals surface area contributed by atoms with Gasteiger partial charge in [-0.3, -0.25) is 10.2 Å². The predicted octanol–water partition coefficient (Wildman–Crippen LogP) is 1.52. The molecule has 0 saturated carbocycles. The molecule has 1 atom stereocenters. The Morgan fingerprint density at radius 1 is 1.33 bits per heavy atom. The quantitative estimate of drug-likeness (QED) is 0.767. The molecule has 3 nitrogen and oxygen atoms in total. The molecule has 0 saturated heterocycles. The molecule has 0 aliphatic heterocycles. The summed E-state index contributed by atoms with van der Waals surface area (Å²) in [6.45, 7) is 1.78. The van der Waals surface area contributed by atoms with Crippen LogP contribution in [0, 0.1) is 5.82 Å². The standard InChI is InChI=1S/C11H15FN2O/c1-8(11(15)13-14(2)3)9-4-6-10(12)7-5-9/h4-8H,1-3H3,(H,13,15). The van der Waals surface area contributed by atoms with Crippen LogP contribution < -0.4 is 5.43 Å². The van der Waals surface area contributed by atoms with Gasteiger partial charge in [0.1, 0.15) is 5.82 Å². The van der Waals surface area contributed by atoms with Gasteiger partial charge in [-0.05, 0) is 24.6 Å². The van der Waals surface area contributed by atoms with Crippen LogP contribution in [0.25, 0.3) is 0 Å². The molecule has 82 valence electrons. The molecule has 1 amide bonds. The molecule has 0 spiro atoms. The Bertz CT molecular complexity index is 335. The van der Waals surface area contributed by atoms with Gasteiger partial charge in [0.15, 0.2) is 0 Å². The van der Waals surface area contributed by atoms with Crippen LogP contribution in [0.2, 0.25) is 0 Å². The first-order valence-corrected chi connectivity index (χ1v) is 4.74. The van der Waals surface area contributed by atoms with Gasteiger partial charge < -0.3 is 0 Å². The molecule has 1 rings (SSSR count). The molecule has 0 aliphatic rings. The maximum atomic E-state index is 12.7. The Hall–Kier alpha value is -1.42. The van der Waals surface area contributed by atoms with Gasteiger partial charge in [0, 0.05) is 14.1 Å². The zero-order valence-corrected chi connectivity index (χ0v) is 9.12. The van der Waals surface area contributed by atoms with E-state index in [2.05, 4.69) is 5.43 Å². The van der Waals surface area contributed by atoms with Crippen LogP contribution in [-0.4, -0.2) is 25.0 Å². The Balaban J connectivity index is 2.71. The van der Waals surface area contributed by atoms with Crippen LogP contribution >= 0.6 is 0 Å². The molecule has 0 heterocycles. The highest BCUT2D eigenvalue weighted by Crippen LogP contribution is 2.15. The van der Waals surface area contributed by atoms with Crippen molar-refractivity contribution in [1.29, 1.82) is 0 Å². The number of rotatable bonds is 3. The van der Waals surface area contributed by atoms with Crippen LogP contribution in [0.1, 0.15) is 18.4 Å². The lowest BCUT2D eigenvalue weighted by Crippen LogP contribution is -2.38. The fraction of sp³-hybridized carbons (Fsp3) is 0.364. The summed E-state index contributed by atoms with van der Waals surface area (Å²) in [5.41, 5.74) is 3.46. The maximum absolute atomic E-state index is 12.7. The van der Waals surface area contributed by atoms with Crippen molar-refractivity contribution in [3.8, 4) is 0 Å². The molecule has 15 heavy (non-hydrogen) atoms. The second-order valence-corrected chi connectivity index (χ2v) is 3.64. The van der Waals surface area contributed by atoms with Crippen LogP contribution in [0.15, 0.2) is 24.3 Å². The van der Waals surface area contributed by atoms with Crippen molar-refractivity contribution in [3.05, 3.63) is 35.6 Å². The first-order chi connectivity index (χ1) is 7.00. The second-order valence-electron chi connectivity index (χ2n) is 3.64. The number of hydrogen-bond acceptors (Lipinski definition) is 2. The van der Waals surface area contributed by atoms with Crippen molar-refractivity contribution < 1.29 is 9.18 Å². The third-order valence-electron chi connectivity index (χ3n) is 2.10. The lowest BCUT2D eigenvalue weighted by Gasteiger charge is -2.16. The number of carbonyl (C=O) groups excluding carboxylic acids is 1. The van der Waals surface area contributed by atoms with Crippen molar-refractivity contribution in [2.24, 2.45) is 0 Å². The first-order valence-electron chi connectivity index (χ1n) is 4.74. The van der Waals surface area contributed by atoms with Crippen molar-refractivity contribution in [1.82, 2.24) is 10.4 Å². The zero-order valence-electron chi connectivity index (χ0n) is 9.12. The van der Waals surface area contributed by atoms with Crippen molar-refractivity contribution in [3.63, 3.8) is 0 Å². The van der Waals surface area contributed by atoms with E-state index in [-0.39, 0.29) is 17.6 Å². The molecule has 4 heteroatoms. The summed E-state index contributed by atoms with van der Waals surface area (Å²) < 4.78 is 12.7. The fourth-order valence-electron chi connectivity index (χ4n) is 1.22. The van der Waals surface area contributed by atoms with Gasteiger partial charge in [-0.15, -0.1) is 0 Å². The van der Waals surface area contributed by atoms with E-state index >= 15 is 0 Å². The molecule has 1 unspecified atom stereocenters. The summed E-state index contributed by atoms with van der Waals surface area (Å²) in [4.78, 5) is 11.6. The van der Waals surface area contributed by atoms with Crippen molar-refractivity contribution >= 4 is 5.91 Å². The lowest BCUT2D eigenvalue weighted by molar-refractivity contribution is -0.125. The van der Waals surface area contributed by atoms with Gasteiger partial charge >= 0.3 is 0 Å². The second kappa shape index (κ2) is 4.89. The molecule has 1 N–H and O–H groups in total. The van der Waals surface area contributed by atoms with E-state index in [0.717, 1.165) is 5.56 Å². The van der Waals surface area contributed by atoms with E-state index in [0.29, 0.717) is 0 Å². The van der Waals surface area contributed by atoms with Gasteiger partial charge in [-0.25, -0.2) is 9.40 Å². The van der Waals surface area contributed by atoms with E-state index in [1.54, 1.807) is 38.2 Å². The fourth-order valence-corrected chi connectivity index (χ4v) is 1.22. The predicted molar refractivity (Wildman–Crippen MR) is 56.6 cm³/mol. The molecule has 0 bridgehead atoms. The van der Waals surface area contributed by atoms with Gasteiger partial charge in [0.05, 0.1) is 5.92 Å². The smallest absolute Gasteiger partial charge is 0.241 e. The summed E-state index contributed by atoms with van der Waals surface area (Å²) in [7, 11) is 3.49. The Morgan fingerprint density at radius 2 is 1.87 bits per heavy atom. The van der Waals surface area contributed by atoms with E-state index < -0.39 is 0 Å². The van der Waals surface area contributed by atoms with Crippen LogP contribution in [0.5, 0.6) is 0 Å². The van der Waals surface area contributed by atoms with Crippen molar-refractivity contribution in [2.45, 2.75) is 12.8 Å². The molecule has 1 aromatic carbocycles. The highest BCUT2D eigenvalue weighted by molar-refractivity contribution is 5.82. The van der Waals surface area contributed by atoms with Crippen LogP contribution in [-0.2, 0) is 4.79 Å². The highest BCUT2D eigenvalue weighted by Gasteiger charge is 2.15. The summed E-state index contributed by atoms with van der Waals surface area (Å²) in [6.07, 6.45) is 0. The molecule has 0 aliphatic carbocycles.